The highest BCUT2D eigenvalue weighted by molar-refractivity contribution is 6.08. The van der Waals surface area contributed by atoms with Crippen molar-refractivity contribution in [3.8, 4) is 0 Å². The van der Waals surface area contributed by atoms with Crippen molar-refractivity contribution in [1.82, 2.24) is 24.9 Å². The second-order valence-electron chi connectivity index (χ2n) is 8.27. The monoisotopic (exact) mass is 389 g/mol. The fourth-order valence-electron chi connectivity index (χ4n) is 4.61. The van der Waals surface area contributed by atoms with Gasteiger partial charge in [0.15, 0.2) is 0 Å². The lowest BCUT2D eigenvalue weighted by Gasteiger charge is -2.35. The minimum absolute atomic E-state index is 0.122. The summed E-state index contributed by atoms with van der Waals surface area (Å²) in [5, 5.41) is 7.33. The van der Waals surface area contributed by atoms with Crippen LogP contribution in [0.4, 0.5) is 4.79 Å². The fraction of sp³-hybridized carbons (Fsp3) is 0.700. The predicted octanol–water partition coefficient (Wildman–Crippen LogP) is 1.68. The summed E-state index contributed by atoms with van der Waals surface area (Å²) in [7, 11) is 3.58. The number of amides is 4. The molecule has 1 saturated carbocycles. The zero-order chi connectivity index (χ0) is 20.6. The molecule has 4 amide bonds. The summed E-state index contributed by atoms with van der Waals surface area (Å²) in [5.41, 5.74) is 2.39. The molecule has 2 fully saturated rings. The molecule has 2 heterocycles. The largest absolute Gasteiger partial charge is 0.352 e. The molecule has 1 N–H and O–H groups in total. The zero-order valence-electron chi connectivity index (χ0n) is 17.5. The number of hydrogen-bond donors (Lipinski definition) is 1. The lowest BCUT2D eigenvalue weighted by molar-refractivity contribution is -0.137. The molecule has 2 aliphatic rings. The number of carbonyl (C=O) groups excluding carboxylic acids is 3. The number of rotatable bonds is 5. The van der Waals surface area contributed by atoms with Gasteiger partial charge in [-0.25, -0.2) is 4.79 Å². The van der Waals surface area contributed by atoms with Crippen LogP contribution in [0.15, 0.2) is 0 Å². The molecule has 0 radical (unpaired) electrons. The summed E-state index contributed by atoms with van der Waals surface area (Å²) in [4.78, 5) is 40.8. The zero-order valence-corrected chi connectivity index (χ0v) is 17.5. The molecular weight excluding hydrogens is 358 g/mol. The smallest absolute Gasteiger partial charge is 0.327 e. The van der Waals surface area contributed by atoms with Crippen molar-refractivity contribution in [3.63, 3.8) is 0 Å². The van der Waals surface area contributed by atoms with E-state index in [1.165, 1.54) is 0 Å². The van der Waals surface area contributed by atoms with Crippen LogP contribution in [0.2, 0.25) is 0 Å². The summed E-state index contributed by atoms with van der Waals surface area (Å²) < 4.78 is 1.83. The van der Waals surface area contributed by atoms with Crippen LogP contribution in [0.5, 0.6) is 0 Å². The van der Waals surface area contributed by atoms with Gasteiger partial charge in [-0.15, -0.1) is 0 Å². The molecule has 1 saturated heterocycles. The normalized spacial score (nSPS) is 20.2. The van der Waals surface area contributed by atoms with Crippen molar-refractivity contribution < 1.29 is 14.4 Å². The van der Waals surface area contributed by atoms with Gasteiger partial charge in [-0.2, -0.15) is 5.10 Å². The third-order valence-electron chi connectivity index (χ3n) is 6.36. The minimum atomic E-state index is -0.745. The van der Waals surface area contributed by atoms with Crippen LogP contribution in [0.25, 0.3) is 0 Å². The number of hydrogen-bond acceptors (Lipinski definition) is 4. The van der Waals surface area contributed by atoms with Crippen LogP contribution in [0, 0.1) is 13.8 Å². The first-order valence-electron chi connectivity index (χ1n) is 10.1. The third kappa shape index (κ3) is 3.40. The molecule has 1 atom stereocenters. The van der Waals surface area contributed by atoms with Gasteiger partial charge >= 0.3 is 6.03 Å². The Morgan fingerprint density at radius 3 is 2.39 bits per heavy atom. The third-order valence-corrected chi connectivity index (χ3v) is 6.36. The number of nitrogens with one attached hydrogen (secondary N) is 1. The van der Waals surface area contributed by atoms with Crippen LogP contribution in [-0.4, -0.2) is 62.6 Å². The van der Waals surface area contributed by atoms with Crippen molar-refractivity contribution in [2.24, 2.45) is 7.05 Å². The summed E-state index contributed by atoms with van der Waals surface area (Å²) >= 11 is 0. The lowest BCUT2D eigenvalue weighted by atomic mass is 9.81. The van der Waals surface area contributed by atoms with E-state index in [0.717, 1.165) is 41.1 Å². The Bertz CT molecular complexity index is 794. The van der Waals surface area contributed by atoms with E-state index in [2.05, 4.69) is 10.4 Å². The Labute approximate surface area is 166 Å². The molecule has 1 aliphatic carbocycles. The number of imide groups is 1. The van der Waals surface area contributed by atoms with E-state index in [0.29, 0.717) is 19.3 Å². The standard InChI is InChI=1S/C20H31N5O3/c1-13(11-16-14(2)22-24(5)15(16)3)21-17(26)12-25-18(27)20(23(4)19(25)28)9-7-6-8-10-20/h13H,6-12H2,1-5H3,(H,21,26)/t13-/m0/s1. The molecule has 1 aromatic rings. The Hall–Kier alpha value is -2.38. The van der Waals surface area contributed by atoms with Crippen LogP contribution in [-0.2, 0) is 23.1 Å². The maximum Gasteiger partial charge on any atom is 0.327 e. The SMILES string of the molecule is Cc1nn(C)c(C)c1C[C@H](C)NC(=O)CN1C(=O)N(C)C2(CCCCC2)C1=O. The van der Waals surface area contributed by atoms with E-state index in [4.69, 9.17) is 0 Å². The first-order chi connectivity index (χ1) is 13.2. The number of nitrogens with zero attached hydrogens (tertiary/aromatic N) is 4. The Balaban J connectivity index is 1.62. The van der Waals surface area contributed by atoms with Crippen molar-refractivity contribution in [1.29, 1.82) is 0 Å². The molecule has 1 spiro atoms. The molecule has 8 heteroatoms. The van der Waals surface area contributed by atoms with Gasteiger partial charge in [0.2, 0.25) is 5.91 Å². The lowest BCUT2D eigenvalue weighted by Crippen LogP contribution is -2.49. The number of aromatic nitrogens is 2. The quantitative estimate of drug-likeness (QED) is 0.776. The highest BCUT2D eigenvalue weighted by Gasteiger charge is 2.55. The van der Waals surface area contributed by atoms with Gasteiger partial charge in [0, 0.05) is 25.8 Å². The van der Waals surface area contributed by atoms with E-state index in [1.807, 2.05) is 32.5 Å². The van der Waals surface area contributed by atoms with Crippen LogP contribution in [0.1, 0.15) is 56.0 Å². The summed E-state index contributed by atoms with van der Waals surface area (Å²) in [5.74, 6) is -0.531. The Morgan fingerprint density at radius 2 is 1.82 bits per heavy atom. The van der Waals surface area contributed by atoms with Gasteiger partial charge in [-0.05, 0) is 45.6 Å². The molecule has 154 valence electrons. The summed E-state index contributed by atoms with van der Waals surface area (Å²) in [6, 6.07) is -0.489. The van der Waals surface area contributed by atoms with Crippen LogP contribution >= 0.6 is 0 Å². The van der Waals surface area contributed by atoms with E-state index < -0.39 is 5.54 Å². The number of carbonyl (C=O) groups is 3. The van der Waals surface area contributed by atoms with Gasteiger partial charge in [0.25, 0.3) is 5.91 Å². The van der Waals surface area contributed by atoms with Gasteiger partial charge < -0.3 is 10.2 Å². The second kappa shape index (κ2) is 7.56. The molecule has 0 bridgehead atoms. The molecule has 1 aliphatic heterocycles. The van der Waals surface area contributed by atoms with Crippen molar-refractivity contribution in [3.05, 3.63) is 17.0 Å². The van der Waals surface area contributed by atoms with Crippen molar-refractivity contribution in [2.75, 3.05) is 13.6 Å². The minimum Gasteiger partial charge on any atom is -0.352 e. The van der Waals surface area contributed by atoms with Crippen molar-refractivity contribution >= 4 is 17.8 Å². The average Bonchev–Trinajstić information content (AvgIpc) is 2.98. The van der Waals surface area contributed by atoms with Crippen LogP contribution in [0.3, 0.4) is 0 Å². The fourth-order valence-corrected chi connectivity index (χ4v) is 4.61. The average molecular weight is 390 g/mol. The van der Waals surface area contributed by atoms with Crippen molar-refractivity contribution in [2.45, 2.75) is 70.9 Å². The molecule has 1 aromatic heterocycles. The molecular formula is C20H31N5O3. The number of likely N-dealkylation sites (N-methyl/N-ethyl adjacent to an activating group) is 1. The van der Waals surface area contributed by atoms with Gasteiger partial charge in [0.1, 0.15) is 12.1 Å². The maximum absolute atomic E-state index is 13.0. The first-order valence-corrected chi connectivity index (χ1v) is 10.1. The second-order valence-corrected chi connectivity index (χ2v) is 8.27. The first kappa shape index (κ1) is 20.4. The molecule has 28 heavy (non-hydrogen) atoms. The van der Waals surface area contributed by atoms with E-state index in [9.17, 15) is 14.4 Å². The molecule has 0 unspecified atom stereocenters. The molecule has 3 rings (SSSR count). The van der Waals surface area contributed by atoms with E-state index in [-0.39, 0.29) is 30.4 Å². The maximum atomic E-state index is 13.0. The highest BCUT2D eigenvalue weighted by atomic mass is 16.2. The highest BCUT2D eigenvalue weighted by Crippen LogP contribution is 2.39. The van der Waals surface area contributed by atoms with Gasteiger partial charge in [-0.1, -0.05) is 19.3 Å². The molecule has 8 nitrogen and oxygen atoms in total. The van der Waals surface area contributed by atoms with Crippen LogP contribution < -0.4 is 5.32 Å². The molecule has 0 aromatic carbocycles. The van der Waals surface area contributed by atoms with E-state index in [1.54, 1.807) is 11.9 Å². The van der Waals surface area contributed by atoms with Gasteiger partial charge in [-0.3, -0.25) is 19.2 Å². The Morgan fingerprint density at radius 1 is 1.18 bits per heavy atom. The Kier molecular flexibility index (Phi) is 5.50. The number of urea groups is 1. The summed E-state index contributed by atoms with van der Waals surface area (Å²) in [6.45, 7) is 5.66. The topological polar surface area (TPSA) is 87.5 Å². The van der Waals surface area contributed by atoms with Gasteiger partial charge in [0.05, 0.1) is 5.69 Å². The number of aryl methyl sites for hydroxylation is 2. The summed E-state index contributed by atoms with van der Waals surface area (Å²) in [6.07, 6.45) is 4.98. The van der Waals surface area contributed by atoms with E-state index >= 15 is 0 Å². The predicted molar refractivity (Wildman–Crippen MR) is 105 cm³/mol.